The van der Waals surface area contributed by atoms with E-state index in [1.54, 1.807) is 6.07 Å². The van der Waals surface area contributed by atoms with E-state index in [2.05, 4.69) is 6.58 Å². The van der Waals surface area contributed by atoms with Crippen LogP contribution in [0.5, 0.6) is 0 Å². The van der Waals surface area contributed by atoms with Crippen molar-refractivity contribution < 1.29 is 13.2 Å². The second-order valence-corrected chi connectivity index (χ2v) is 5.75. The van der Waals surface area contributed by atoms with Crippen LogP contribution in [0.25, 0.3) is 15.7 Å². The first-order valence-corrected chi connectivity index (χ1v) is 7.13. The zero-order chi connectivity index (χ0) is 15.0. The van der Waals surface area contributed by atoms with E-state index in [4.69, 9.17) is 0 Å². The van der Waals surface area contributed by atoms with Crippen LogP contribution >= 0.6 is 11.3 Å². The van der Waals surface area contributed by atoms with Crippen molar-refractivity contribution in [2.45, 2.75) is 6.18 Å². The van der Waals surface area contributed by atoms with E-state index in [9.17, 15) is 13.2 Å². The first-order valence-electron chi connectivity index (χ1n) is 6.31. The molecule has 0 radical (unpaired) electrons. The number of benzene rings is 2. The lowest BCUT2D eigenvalue weighted by molar-refractivity contribution is -0.137. The van der Waals surface area contributed by atoms with Gasteiger partial charge in [0.15, 0.2) is 0 Å². The summed E-state index contributed by atoms with van der Waals surface area (Å²) in [6.45, 7) is 3.88. The molecular weight excluding hydrogens is 293 g/mol. The Kier molecular flexibility index (Phi) is 3.33. The largest absolute Gasteiger partial charge is 0.417 e. The van der Waals surface area contributed by atoms with Gasteiger partial charge in [-0.15, -0.1) is 11.3 Å². The summed E-state index contributed by atoms with van der Waals surface area (Å²) in [5.74, 6) is 0. The standard InChI is InChI=1S/C17H11F3S/c1-11(13-7-3-4-8-14(13)17(18,19)20)16-10-12-6-2-5-9-15(12)21-16/h2-10H,1H2. The number of halogens is 3. The fourth-order valence-electron chi connectivity index (χ4n) is 2.26. The van der Waals surface area contributed by atoms with Crippen molar-refractivity contribution in [1.82, 2.24) is 0 Å². The van der Waals surface area contributed by atoms with Crippen molar-refractivity contribution in [2.24, 2.45) is 0 Å². The quantitative estimate of drug-likeness (QED) is 0.546. The summed E-state index contributed by atoms with van der Waals surface area (Å²) < 4.78 is 40.3. The summed E-state index contributed by atoms with van der Waals surface area (Å²) in [6, 6.07) is 15.2. The smallest absolute Gasteiger partial charge is 0.166 e. The van der Waals surface area contributed by atoms with Gasteiger partial charge in [0.1, 0.15) is 0 Å². The lowest BCUT2D eigenvalue weighted by Gasteiger charge is -2.13. The normalized spacial score (nSPS) is 11.8. The van der Waals surface area contributed by atoms with Gasteiger partial charge < -0.3 is 0 Å². The lowest BCUT2D eigenvalue weighted by Crippen LogP contribution is -2.08. The molecule has 4 heteroatoms. The van der Waals surface area contributed by atoms with Gasteiger partial charge in [-0.3, -0.25) is 0 Å². The average Bonchev–Trinajstić information content (AvgIpc) is 2.89. The van der Waals surface area contributed by atoms with Gasteiger partial charge in [-0.1, -0.05) is 43.0 Å². The minimum absolute atomic E-state index is 0.136. The highest BCUT2D eigenvalue weighted by molar-refractivity contribution is 7.20. The van der Waals surface area contributed by atoms with E-state index >= 15 is 0 Å². The molecule has 1 heterocycles. The van der Waals surface area contributed by atoms with E-state index in [-0.39, 0.29) is 5.56 Å². The monoisotopic (exact) mass is 304 g/mol. The number of thiophene rings is 1. The SMILES string of the molecule is C=C(c1cc2ccccc2s1)c1ccccc1C(F)(F)F. The molecule has 0 aliphatic heterocycles. The van der Waals surface area contributed by atoms with Gasteiger partial charge in [0, 0.05) is 9.58 Å². The number of fused-ring (bicyclic) bond motifs is 1. The minimum Gasteiger partial charge on any atom is -0.166 e. The topological polar surface area (TPSA) is 0 Å². The Hall–Kier alpha value is -2.07. The van der Waals surface area contributed by atoms with Crippen LogP contribution in [0, 0.1) is 0 Å². The van der Waals surface area contributed by atoms with E-state index in [0.29, 0.717) is 5.57 Å². The molecule has 0 aliphatic carbocycles. The highest BCUT2D eigenvalue weighted by Crippen LogP contribution is 2.39. The Morgan fingerprint density at radius 3 is 2.33 bits per heavy atom. The molecule has 0 saturated carbocycles. The average molecular weight is 304 g/mol. The molecule has 0 atom stereocenters. The van der Waals surface area contributed by atoms with Crippen LogP contribution in [0.4, 0.5) is 13.2 Å². The maximum atomic E-state index is 13.1. The van der Waals surface area contributed by atoms with Crippen LogP contribution in [0.2, 0.25) is 0 Å². The van der Waals surface area contributed by atoms with E-state index in [1.807, 2.05) is 30.3 Å². The van der Waals surface area contributed by atoms with Crippen molar-refractivity contribution in [2.75, 3.05) is 0 Å². The molecule has 106 valence electrons. The zero-order valence-electron chi connectivity index (χ0n) is 10.9. The molecule has 1 aromatic heterocycles. The van der Waals surface area contributed by atoms with E-state index in [1.165, 1.54) is 23.5 Å². The van der Waals surface area contributed by atoms with Gasteiger partial charge >= 0.3 is 6.18 Å². The van der Waals surface area contributed by atoms with Crippen LogP contribution in [0.3, 0.4) is 0 Å². The predicted octanol–water partition coefficient (Wildman–Crippen LogP) is 5.98. The Bertz CT molecular complexity index is 779. The van der Waals surface area contributed by atoms with Crippen LogP contribution in [-0.2, 0) is 6.18 Å². The second kappa shape index (κ2) is 5.04. The zero-order valence-corrected chi connectivity index (χ0v) is 11.8. The number of hydrogen-bond acceptors (Lipinski definition) is 1. The highest BCUT2D eigenvalue weighted by atomic mass is 32.1. The summed E-state index contributed by atoms with van der Waals surface area (Å²) in [6.07, 6.45) is -4.38. The van der Waals surface area contributed by atoms with Gasteiger partial charge in [-0.25, -0.2) is 0 Å². The van der Waals surface area contributed by atoms with Crippen LogP contribution in [0.1, 0.15) is 16.0 Å². The van der Waals surface area contributed by atoms with Gasteiger partial charge in [0.25, 0.3) is 0 Å². The van der Waals surface area contributed by atoms with Crippen molar-refractivity contribution in [1.29, 1.82) is 0 Å². The molecule has 0 saturated heterocycles. The predicted molar refractivity (Wildman–Crippen MR) is 81.4 cm³/mol. The molecule has 0 unspecified atom stereocenters. The van der Waals surface area contributed by atoms with Crippen molar-refractivity contribution in [3.63, 3.8) is 0 Å². The molecule has 0 fully saturated rings. The third-order valence-corrected chi connectivity index (χ3v) is 4.46. The number of hydrogen-bond donors (Lipinski definition) is 0. The van der Waals surface area contributed by atoms with Gasteiger partial charge in [0.05, 0.1) is 5.56 Å². The van der Waals surface area contributed by atoms with Crippen LogP contribution < -0.4 is 0 Å². The Morgan fingerprint density at radius 1 is 0.952 bits per heavy atom. The molecular formula is C17H11F3S. The fourth-order valence-corrected chi connectivity index (χ4v) is 3.30. The van der Waals surface area contributed by atoms with E-state index in [0.717, 1.165) is 21.0 Å². The summed E-state index contributed by atoms with van der Waals surface area (Å²) in [5, 5.41) is 1.02. The molecule has 0 bridgehead atoms. The van der Waals surface area contributed by atoms with E-state index < -0.39 is 11.7 Å². The van der Waals surface area contributed by atoms with Crippen LogP contribution in [0.15, 0.2) is 61.2 Å². The first-order chi connectivity index (χ1) is 9.97. The second-order valence-electron chi connectivity index (χ2n) is 4.67. The van der Waals surface area contributed by atoms with Crippen LogP contribution in [-0.4, -0.2) is 0 Å². The van der Waals surface area contributed by atoms with Crippen molar-refractivity contribution in [3.05, 3.63) is 77.2 Å². The Morgan fingerprint density at radius 2 is 1.62 bits per heavy atom. The molecule has 2 aromatic carbocycles. The van der Waals surface area contributed by atoms with Crippen molar-refractivity contribution >= 4 is 27.0 Å². The Balaban J connectivity index is 2.10. The highest BCUT2D eigenvalue weighted by Gasteiger charge is 2.33. The van der Waals surface area contributed by atoms with Gasteiger partial charge in [-0.2, -0.15) is 13.2 Å². The maximum Gasteiger partial charge on any atom is 0.417 e. The summed E-state index contributed by atoms with van der Waals surface area (Å²) in [4.78, 5) is 0.757. The third-order valence-electron chi connectivity index (χ3n) is 3.28. The lowest BCUT2D eigenvalue weighted by atomic mass is 9.99. The van der Waals surface area contributed by atoms with Gasteiger partial charge in [-0.05, 0) is 34.7 Å². The van der Waals surface area contributed by atoms with Crippen molar-refractivity contribution in [3.8, 4) is 0 Å². The maximum absolute atomic E-state index is 13.1. The summed E-state index contributed by atoms with van der Waals surface area (Å²) >= 11 is 1.45. The fraction of sp³-hybridized carbons (Fsp3) is 0.0588. The minimum atomic E-state index is -4.38. The molecule has 0 aliphatic rings. The summed E-state index contributed by atoms with van der Waals surface area (Å²) in [7, 11) is 0. The summed E-state index contributed by atoms with van der Waals surface area (Å²) in [5.41, 5.74) is -0.104. The molecule has 0 nitrogen and oxygen atoms in total. The molecule has 3 aromatic rings. The number of alkyl halides is 3. The first kappa shape index (κ1) is 13.9. The molecule has 3 rings (SSSR count). The molecule has 21 heavy (non-hydrogen) atoms. The molecule has 0 amide bonds. The third kappa shape index (κ3) is 2.59. The molecule has 0 spiro atoms. The molecule has 0 N–H and O–H groups in total. The Labute approximate surface area is 124 Å². The van der Waals surface area contributed by atoms with Gasteiger partial charge in [0.2, 0.25) is 0 Å². The number of rotatable bonds is 2.